The summed E-state index contributed by atoms with van der Waals surface area (Å²) in [5.41, 5.74) is 5.74. The molecular weight excluding hydrogens is 206 g/mol. The van der Waals surface area contributed by atoms with Crippen LogP contribution in [0, 0.1) is 5.92 Å². The number of ether oxygens (including phenoxy) is 1. The number of hydrogen-bond donors (Lipinski definition) is 1. The summed E-state index contributed by atoms with van der Waals surface area (Å²) in [6.45, 7) is 8.24. The SMILES string of the molecule is CC(C)C(N)=NC(C)C(=O)N1CCOCC1. The smallest absolute Gasteiger partial charge is 0.247 e. The molecule has 0 spiro atoms. The van der Waals surface area contributed by atoms with Gasteiger partial charge < -0.3 is 15.4 Å². The summed E-state index contributed by atoms with van der Waals surface area (Å²) in [4.78, 5) is 18.0. The monoisotopic (exact) mass is 227 g/mol. The molecule has 92 valence electrons. The normalized spacial score (nSPS) is 20.0. The number of amides is 1. The van der Waals surface area contributed by atoms with Crippen molar-refractivity contribution in [1.29, 1.82) is 0 Å². The molecule has 16 heavy (non-hydrogen) atoms. The molecule has 2 N–H and O–H groups in total. The predicted octanol–water partition coefficient (Wildman–Crippen LogP) is 0.247. The Morgan fingerprint density at radius 3 is 2.38 bits per heavy atom. The van der Waals surface area contributed by atoms with Crippen LogP contribution in [0.2, 0.25) is 0 Å². The van der Waals surface area contributed by atoms with Crippen LogP contribution in [0.4, 0.5) is 0 Å². The second-order valence-electron chi connectivity index (χ2n) is 4.32. The second-order valence-corrected chi connectivity index (χ2v) is 4.32. The molecule has 1 saturated heterocycles. The molecule has 1 heterocycles. The van der Waals surface area contributed by atoms with Gasteiger partial charge in [0, 0.05) is 19.0 Å². The lowest BCUT2D eigenvalue weighted by molar-refractivity contribution is -0.136. The molecule has 0 aromatic rings. The van der Waals surface area contributed by atoms with Gasteiger partial charge in [0.05, 0.1) is 19.0 Å². The van der Waals surface area contributed by atoms with E-state index in [4.69, 9.17) is 10.5 Å². The number of carbonyl (C=O) groups excluding carboxylic acids is 1. The summed E-state index contributed by atoms with van der Waals surface area (Å²) in [5.74, 6) is 0.751. The van der Waals surface area contributed by atoms with Gasteiger partial charge >= 0.3 is 0 Å². The van der Waals surface area contributed by atoms with E-state index in [9.17, 15) is 4.79 Å². The zero-order valence-electron chi connectivity index (χ0n) is 10.3. The van der Waals surface area contributed by atoms with Crippen LogP contribution in [0.25, 0.3) is 0 Å². The van der Waals surface area contributed by atoms with Crippen molar-refractivity contribution in [1.82, 2.24) is 4.90 Å². The van der Waals surface area contributed by atoms with Crippen molar-refractivity contribution in [2.75, 3.05) is 26.3 Å². The van der Waals surface area contributed by atoms with Crippen LogP contribution in [-0.4, -0.2) is 49.0 Å². The zero-order chi connectivity index (χ0) is 12.1. The van der Waals surface area contributed by atoms with Gasteiger partial charge in [-0.2, -0.15) is 0 Å². The van der Waals surface area contributed by atoms with Crippen molar-refractivity contribution in [3.8, 4) is 0 Å². The van der Waals surface area contributed by atoms with Gasteiger partial charge in [0.25, 0.3) is 0 Å². The van der Waals surface area contributed by atoms with Crippen LogP contribution in [0.5, 0.6) is 0 Å². The first kappa shape index (κ1) is 13.0. The third kappa shape index (κ3) is 3.48. The van der Waals surface area contributed by atoms with Gasteiger partial charge in [-0.25, -0.2) is 0 Å². The van der Waals surface area contributed by atoms with Crippen molar-refractivity contribution >= 4 is 11.7 Å². The molecule has 5 nitrogen and oxygen atoms in total. The Labute approximate surface area is 96.7 Å². The highest BCUT2D eigenvalue weighted by Crippen LogP contribution is 2.04. The quantitative estimate of drug-likeness (QED) is 0.555. The van der Waals surface area contributed by atoms with E-state index in [2.05, 4.69) is 4.99 Å². The number of rotatable bonds is 3. The molecule has 1 fully saturated rings. The molecule has 1 aliphatic rings. The van der Waals surface area contributed by atoms with E-state index in [1.54, 1.807) is 11.8 Å². The third-order valence-electron chi connectivity index (χ3n) is 2.61. The standard InChI is InChI=1S/C11H21N3O2/c1-8(2)10(12)13-9(3)11(15)14-4-6-16-7-5-14/h8-9H,4-7H2,1-3H3,(H2,12,13). The maximum atomic E-state index is 12.0. The largest absolute Gasteiger partial charge is 0.387 e. The summed E-state index contributed by atoms with van der Waals surface area (Å²) in [7, 11) is 0. The summed E-state index contributed by atoms with van der Waals surface area (Å²) in [6.07, 6.45) is 0. The van der Waals surface area contributed by atoms with Crippen molar-refractivity contribution < 1.29 is 9.53 Å². The van der Waals surface area contributed by atoms with Crippen LogP contribution in [0.1, 0.15) is 20.8 Å². The van der Waals surface area contributed by atoms with Crippen LogP contribution >= 0.6 is 0 Å². The number of carbonyl (C=O) groups is 1. The summed E-state index contributed by atoms with van der Waals surface area (Å²) in [5, 5.41) is 0. The second kappa shape index (κ2) is 5.84. The number of nitrogens with zero attached hydrogens (tertiary/aromatic N) is 2. The summed E-state index contributed by atoms with van der Waals surface area (Å²) < 4.78 is 5.19. The molecule has 5 heteroatoms. The zero-order valence-corrected chi connectivity index (χ0v) is 10.3. The first-order valence-electron chi connectivity index (χ1n) is 5.72. The Kier molecular flexibility index (Phi) is 4.73. The summed E-state index contributed by atoms with van der Waals surface area (Å²) >= 11 is 0. The molecule has 0 aromatic carbocycles. The molecule has 0 bridgehead atoms. The van der Waals surface area contributed by atoms with Crippen LogP contribution in [-0.2, 0) is 9.53 Å². The molecular formula is C11H21N3O2. The Hall–Kier alpha value is -1.10. The third-order valence-corrected chi connectivity index (χ3v) is 2.61. The Balaban J connectivity index is 2.55. The van der Waals surface area contributed by atoms with Gasteiger partial charge in [0.15, 0.2) is 0 Å². The minimum absolute atomic E-state index is 0.0342. The molecule has 1 aliphatic heterocycles. The molecule has 1 unspecified atom stereocenters. The van der Waals surface area contributed by atoms with Gasteiger partial charge in [0.2, 0.25) is 5.91 Å². The molecule has 1 atom stereocenters. The first-order valence-corrected chi connectivity index (χ1v) is 5.72. The molecule has 0 aromatic heterocycles. The molecule has 0 saturated carbocycles. The highest BCUT2D eigenvalue weighted by Gasteiger charge is 2.22. The summed E-state index contributed by atoms with van der Waals surface area (Å²) in [6, 6.07) is -0.388. The van der Waals surface area contributed by atoms with Crippen LogP contribution in [0.15, 0.2) is 4.99 Å². The van der Waals surface area contributed by atoms with E-state index in [-0.39, 0.29) is 17.9 Å². The topological polar surface area (TPSA) is 67.9 Å². The van der Waals surface area contributed by atoms with Crippen LogP contribution < -0.4 is 5.73 Å². The average Bonchev–Trinajstić information content (AvgIpc) is 2.28. The molecule has 1 rings (SSSR count). The number of nitrogens with two attached hydrogens (primary N) is 1. The minimum Gasteiger partial charge on any atom is -0.387 e. The van der Waals surface area contributed by atoms with Crippen molar-refractivity contribution in [3.05, 3.63) is 0 Å². The fourth-order valence-electron chi connectivity index (χ4n) is 1.48. The van der Waals surface area contributed by atoms with E-state index < -0.39 is 0 Å². The van der Waals surface area contributed by atoms with Crippen molar-refractivity contribution in [2.24, 2.45) is 16.6 Å². The van der Waals surface area contributed by atoms with Crippen LogP contribution in [0.3, 0.4) is 0 Å². The Morgan fingerprint density at radius 1 is 1.31 bits per heavy atom. The fourth-order valence-corrected chi connectivity index (χ4v) is 1.48. The molecule has 0 aliphatic carbocycles. The number of amidine groups is 1. The molecule has 1 amide bonds. The minimum atomic E-state index is -0.388. The number of morpholine rings is 1. The highest BCUT2D eigenvalue weighted by molar-refractivity contribution is 5.88. The van der Waals surface area contributed by atoms with Gasteiger partial charge in [-0.1, -0.05) is 13.8 Å². The van der Waals surface area contributed by atoms with E-state index in [1.165, 1.54) is 0 Å². The number of hydrogen-bond acceptors (Lipinski definition) is 3. The first-order chi connectivity index (χ1) is 7.52. The van der Waals surface area contributed by atoms with E-state index >= 15 is 0 Å². The average molecular weight is 227 g/mol. The Morgan fingerprint density at radius 2 is 1.88 bits per heavy atom. The highest BCUT2D eigenvalue weighted by atomic mass is 16.5. The molecule has 0 radical (unpaired) electrons. The van der Waals surface area contributed by atoms with Gasteiger partial charge in [-0.3, -0.25) is 9.79 Å². The van der Waals surface area contributed by atoms with Crippen molar-refractivity contribution in [2.45, 2.75) is 26.8 Å². The lowest BCUT2D eigenvalue weighted by Gasteiger charge is -2.28. The number of aliphatic imine (C=N–C) groups is 1. The van der Waals surface area contributed by atoms with E-state index in [0.717, 1.165) is 0 Å². The lowest BCUT2D eigenvalue weighted by Crippen LogP contribution is -2.45. The van der Waals surface area contributed by atoms with Gasteiger partial charge in [-0.15, -0.1) is 0 Å². The maximum Gasteiger partial charge on any atom is 0.247 e. The maximum absolute atomic E-state index is 12.0. The Bertz CT molecular complexity index is 270. The van der Waals surface area contributed by atoms with E-state index in [0.29, 0.717) is 32.1 Å². The van der Waals surface area contributed by atoms with Crippen molar-refractivity contribution in [3.63, 3.8) is 0 Å². The van der Waals surface area contributed by atoms with E-state index in [1.807, 2.05) is 13.8 Å². The predicted molar refractivity (Wildman–Crippen MR) is 63.3 cm³/mol. The van der Waals surface area contributed by atoms with Gasteiger partial charge in [0.1, 0.15) is 6.04 Å². The fraction of sp³-hybridized carbons (Fsp3) is 0.818. The lowest BCUT2D eigenvalue weighted by atomic mass is 10.2. The van der Waals surface area contributed by atoms with Gasteiger partial charge in [-0.05, 0) is 6.92 Å².